The summed E-state index contributed by atoms with van der Waals surface area (Å²) in [4.78, 5) is 12.2. The van der Waals surface area contributed by atoms with Crippen LogP contribution < -0.4 is 5.56 Å². The van der Waals surface area contributed by atoms with E-state index in [2.05, 4.69) is 53.9 Å². The van der Waals surface area contributed by atoms with Gasteiger partial charge in [-0.1, -0.05) is 51.1 Å². The SMILES string of the molecule is CC(C)(C)c1[nH]n(CCCc2ccccc2)c(=O)c1Br. The first-order valence-electron chi connectivity index (χ1n) is 6.92. The first kappa shape index (κ1) is 15.1. The van der Waals surface area contributed by atoms with Gasteiger partial charge in [0, 0.05) is 12.0 Å². The predicted molar refractivity (Wildman–Crippen MR) is 86.2 cm³/mol. The van der Waals surface area contributed by atoms with Crippen LogP contribution in [0.15, 0.2) is 39.6 Å². The summed E-state index contributed by atoms with van der Waals surface area (Å²) in [6, 6.07) is 10.3. The second-order valence-electron chi connectivity index (χ2n) is 6.10. The summed E-state index contributed by atoms with van der Waals surface area (Å²) >= 11 is 3.41. The lowest BCUT2D eigenvalue weighted by Crippen LogP contribution is -2.17. The van der Waals surface area contributed by atoms with E-state index < -0.39 is 0 Å². The highest BCUT2D eigenvalue weighted by atomic mass is 79.9. The summed E-state index contributed by atoms with van der Waals surface area (Å²) in [5.74, 6) is 0. The van der Waals surface area contributed by atoms with Crippen molar-refractivity contribution in [2.45, 2.75) is 45.6 Å². The Balaban J connectivity index is 2.06. The van der Waals surface area contributed by atoms with Crippen LogP contribution in [0.4, 0.5) is 0 Å². The first-order chi connectivity index (χ1) is 9.39. The van der Waals surface area contributed by atoms with E-state index in [1.54, 1.807) is 4.68 Å². The summed E-state index contributed by atoms with van der Waals surface area (Å²) < 4.78 is 2.36. The van der Waals surface area contributed by atoms with Crippen LogP contribution >= 0.6 is 15.9 Å². The van der Waals surface area contributed by atoms with E-state index in [9.17, 15) is 4.79 Å². The lowest BCUT2D eigenvalue weighted by molar-refractivity contribution is 0.515. The molecule has 1 heterocycles. The Kier molecular flexibility index (Phi) is 4.53. The molecule has 1 N–H and O–H groups in total. The Morgan fingerprint density at radius 1 is 1.20 bits per heavy atom. The molecule has 0 saturated carbocycles. The van der Waals surface area contributed by atoms with Gasteiger partial charge < -0.3 is 0 Å². The number of hydrogen-bond acceptors (Lipinski definition) is 1. The number of aryl methyl sites for hydroxylation is 2. The molecule has 1 aromatic heterocycles. The average molecular weight is 337 g/mol. The predicted octanol–water partition coefficient (Wildman–Crippen LogP) is 3.87. The van der Waals surface area contributed by atoms with E-state index in [1.807, 2.05) is 18.2 Å². The number of benzene rings is 1. The highest BCUT2D eigenvalue weighted by Gasteiger charge is 2.22. The Hall–Kier alpha value is -1.29. The molecule has 1 aromatic carbocycles. The van der Waals surface area contributed by atoms with Crippen LogP contribution in [0.25, 0.3) is 0 Å². The third-order valence-electron chi connectivity index (χ3n) is 3.34. The molecule has 2 aromatic rings. The molecule has 0 atom stereocenters. The van der Waals surface area contributed by atoms with Gasteiger partial charge in [0.05, 0.1) is 5.69 Å². The van der Waals surface area contributed by atoms with Crippen LogP contribution in [0.2, 0.25) is 0 Å². The Bertz CT molecular complexity index is 620. The molecule has 108 valence electrons. The molecule has 0 radical (unpaired) electrons. The maximum atomic E-state index is 12.2. The van der Waals surface area contributed by atoms with E-state index in [1.165, 1.54) is 5.56 Å². The number of aromatic nitrogens is 2. The van der Waals surface area contributed by atoms with Gasteiger partial charge in [-0.2, -0.15) is 0 Å². The summed E-state index contributed by atoms with van der Waals surface area (Å²) in [6.45, 7) is 6.99. The molecule has 0 aliphatic rings. The van der Waals surface area contributed by atoms with Gasteiger partial charge in [0.25, 0.3) is 5.56 Å². The van der Waals surface area contributed by atoms with Crippen LogP contribution in [0.5, 0.6) is 0 Å². The van der Waals surface area contributed by atoms with Crippen molar-refractivity contribution in [3.05, 3.63) is 56.4 Å². The Morgan fingerprint density at radius 3 is 2.40 bits per heavy atom. The van der Waals surface area contributed by atoms with E-state index in [0.717, 1.165) is 18.5 Å². The van der Waals surface area contributed by atoms with Gasteiger partial charge in [0.2, 0.25) is 0 Å². The van der Waals surface area contributed by atoms with Gasteiger partial charge in [-0.25, -0.2) is 0 Å². The van der Waals surface area contributed by atoms with Gasteiger partial charge in [-0.15, -0.1) is 0 Å². The van der Waals surface area contributed by atoms with Crippen molar-refractivity contribution in [2.24, 2.45) is 0 Å². The molecule has 3 nitrogen and oxygen atoms in total. The fraction of sp³-hybridized carbons (Fsp3) is 0.438. The fourth-order valence-corrected chi connectivity index (χ4v) is 3.10. The van der Waals surface area contributed by atoms with Gasteiger partial charge >= 0.3 is 0 Å². The van der Waals surface area contributed by atoms with E-state index >= 15 is 0 Å². The number of H-pyrrole nitrogens is 1. The molecule has 0 fully saturated rings. The van der Waals surface area contributed by atoms with Crippen molar-refractivity contribution in [1.29, 1.82) is 0 Å². The van der Waals surface area contributed by atoms with Crippen molar-refractivity contribution >= 4 is 15.9 Å². The number of hydrogen-bond donors (Lipinski definition) is 1. The molecular formula is C16H21BrN2O. The summed E-state index contributed by atoms with van der Waals surface area (Å²) in [5, 5.41) is 3.23. The molecule has 0 aliphatic carbocycles. The van der Waals surface area contributed by atoms with Crippen molar-refractivity contribution in [1.82, 2.24) is 9.78 Å². The largest absolute Gasteiger partial charge is 0.298 e. The van der Waals surface area contributed by atoms with Crippen LogP contribution in [-0.2, 0) is 18.4 Å². The first-order valence-corrected chi connectivity index (χ1v) is 7.71. The minimum atomic E-state index is -0.0668. The number of nitrogens with zero attached hydrogens (tertiary/aromatic N) is 1. The van der Waals surface area contributed by atoms with Crippen LogP contribution in [-0.4, -0.2) is 9.78 Å². The summed E-state index contributed by atoms with van der Waals surface area (Å²) in [6.07, 6.45) is 1.93. The summed E-state index contributed by atoms with van der Waals surface area (Å²) in [5.41, 5.74) is 2.23. The Morgan fingerprint density at radius 2 is 1.85 bits per heavy atom. The quantitative estimate of drug-likeness (QED) is 0.904. The molecular weight excluding hydrogens is 316 g/mol. The smallest absolute Gasteiger partial charge is 0.281 e. The summed E-state index contributed by atoms with van der Waals surface area (Å²) in [7, 11) is 0. The monoisotopic (exact) mass is 336 g/mol. The number of halogens is 1. The minimum absolute atomic E-state index is 0.0305. The molecule has 0 aliphatic heterocycles. The lowest BCUT2D eigenvalue weighted by atomic mass is 9.93. The van der Waals surface area contributed by atoms with Crippen LogP contribution in [0, 0.1) is 0 Å². The van der Waals surface area contributed by atoms with Gasteiger partial charge in [-0.3, -0.25) is 14.6 Å². The lowest BCUT2D eigenvalue weighted by Gasteiger charge is -2.16. The third-order valence-corrected chi connectivity index (χ3v) is 4.07. The third kappa shape index (κ3) is 3.42. The molecule has 0 saturated heterocycles. The molecule has 20 heavy (non-hydrogen) atoms. The zero-order chi connectivity index (χ0) is 14.8. The molecule has 0 unspecified atom stereocenters. The second kappa shape index (κ2) is 6.00. The highest BCUT2D eigenvalue weighted by molar-refractivity contribution is 9.10. The van der Waals surface area contributed by atoms with Crippen molar-refractivity contribution < 1.29 is 0 Å². The fourth-order valence-electron chi connectivity index (χ4n) is 2.20. The van der Waals surface area contributed by atoms with E-state index in [4.69, 9.17) is 0 Å². The van der Waals surface area contributed by atoms with Crippen LogP contribution in [0.3, 0.4) is 0 Å². The zero-order valence-corrected chi connectivity index (χ0v) is 13.8. The molecule has 4 heteroatoms. The van der Waals surface area contributed by atoms with Crippen molar-refractivity contribution in [2.75, 3.05) is 0 Å². The number of nitrogens with one attached hydrogen (secondary N) is 1. The maximum Gasteiger partial charge on any atom is 0.281 e. The average Bonchev–Trinajstić information content (AvgIpc) is 2.68. The van der Waals surface area contributed by atoms with Crippen molar-refractivity contribution in [3.63, 3.8) is 0 Å². The highest BCUT2D eigenvalue weighted by Crippen LogP contribution is 2.25. The van der Waals surface area contributed by atoms with Crippen LogP contribution in [0.1, 0.15) is 38.4 Å². The Labute approximate surface area is 128 Å². The van der Waals surface area contributed by atoms with E-state index in [-0.39, 0.29) is 11.0 Å². The standard InChI is InChI=1S/C16H21BrN2O/c1-16(2,3)14-13(17)15(20)19(18-14)11-7-10-12-8-5-4-6-9-12/h4-6,8-9,18H,7,10-11H2,1-3H3. The van der Waals surface area contributed by atoms with Gasteiger partial charge in [-0.05, 0) is 34.3 Å². The minimum Gasteiger partial charge on any atom is -0.298 e. The second-order valence-corrected chi connectivity index (χ2v) is 6.89. The molecule has 0 bridgehead atoms. The topological polar surface area (TPSA) is 37.8 Å². The maximum absolute atomic E-state index is 12.2. The zero-order valence-electron chi connectivity index (χ0n) is 12.2. The normalized spacial score (nSPS) is 11.8. The molecule has 0 amide bonds. The number of aromatic amines is 1. The van der Waals surface area contributed by atoms with Crippen molar-refractivity contribution in [3.8, 4) is 0 Å². The number of rotatable bonds is 4. The van der Waals surface area contributed by atoms with Gasteiger partial charge in [0.1, 0.15) is 4.47 Å². The molecule has 0 spiro atoms. The van der Waals surface area contributed by atoms with Gasteiger partial charge in [0.15, 0.2) is 0 Å². The molecule has 2 rings (SSSR count). The van der Waals surface area contributed by atoms with E-state index in [0.29, 0.717) is 11.0 Å².